The molecular formula is C14H15N3O2. The van der Waals surface area contributed by atoms with Crippen LogP contribution in [0.25, 0.3) is 0 Å². The molecular weight excluding hydrogens is 242 g/mol. The summed E-state index contributed by atoms with van der Waals surface area (Å²) in [5, 5.41) is 0. The van der Waals surface area contributed by atoms with Crippen molar-refractivity contribution >= 4 is 0 Å². The zero-order valence-corrected chi connectivity index (χ0v) is 10.8. The summed E-state index contributed by atoms with van der Waals surface area (Å²) in [7, 11) is 0. The normalized spacial score (nSPS) is 20.5. The van der Waals surface area contributed by atoms with Gasteiger partial charge in [-0.2, -0.15) is 0 Å². The quantitative estimate of drug-likeness (QED) is 0.818. The van der Waals surface area contributed by atoms with Gasteiger partial charge in [-0.1, -0.05) is 0 Å². The van der Waals surface area contributed by atoms with Crippen molar-refractivity contribution in [1.82, 2.24) is 14.9 Å². The number of rotatable bonds is 2. The van der Waals surface area contributed by atoms with E-state index in [1.165, 1.54) is 11.1 Å². The molecule has 98 valence electrons. The van der Waals surface area contributed by atoms with Gasteiger partial charge in [0.1, 0.15) is 11.4 Å². The Bertz CT molecular complexity index is 603. The number of ether oxygens (including phenoxy) is 1. The highest BCUT2D eigenvalue weighted by Crippen LogP contribution is 2.42. The summed E-state index contributed by atoms with van der Waals surface area (Å²) in [6.45, 7) is 5.23. The number of hydrogen-bond acceptors (Lipinski definition) is 5. The van der Waals surface area contributed by atoms with Gasteiger partial charge in [-0.05, 0) is 13.0 Å². The third-order valence-corrected chi connectivity index (χ3v) is 3.91. The van der Waals surface area contributed by atoms with Gasteiger partial charge >= 0.3 is 0 Å². The van der Waals surface area contributed by atoms with Crippen LogP contribution in [0.5, 0.6) is 0 Å². The standard InChI is InChI=1S/C14H15N3O2/c1-10-15-4-12-13(16-10)7-19-14(12)8-17(9-14)5-11-2-3-18-6-11/h2-4,6H,5,7-9H2,1H3. The van der Waals surface area contributed by atoms with Crippen molar-refractivity contribution < 1.29 is 9.15 Å². The molecule has 0 amide bonds. The molecule has 1 saturated heterocycles. The molecule has 0 N–H and O–H groups in total. The first-order chi connectivity index (χ1) is 9.25. The third kappa shape index (κ3) is 1.69. The summed E-state index contributed by atoms with van der Waals surface area (Å²) in [5.74, 6) is 0.814. The summed E-state index contributed by atoms with van der Waals surface area (Å²) in [5.41, 5.74) is 3.25. The van der Waals surface area contributed by atoms with E-state index in [0.29, 0.717) is 6.61 Å². The van der Waals surface area contributed by atoms with Gasteiger partial charge in [-0.15, -0.1) is 0 Å². The van der Waals surface area contributed by atoms with Gasteiger partial charge in [0.2, 0.25) is 0 Å². The molecule has 1 fully saturated rings. The van der Waals surface area contributed by atoms with Gasteiger partial charge in [0, 0.05) is 37.0 Å². The molecule has 4 heterocycles. The molecule has 19 heavy (non-hydrogen) atoms. The van der Waals surface area contributed by atoms with Crippen molar-refractivity contribution in [3.8, 4) is 0 Å². The van der Waals surface area contributed by atoms with E-state index in [0.717, 1.165) is 31.2 Å². The number of furan rings is 1. The number of nitrogens with zero attached hydrogens (tertiary/aromatic N) is 3. The molecule has 2 aliphatic rings. The summed E-state index contributed by atoms with van der Waals surface area (Å²) in [4.78, 5) is 11.1. The van der Waals surface area contributed by atoms with Crippen LogP contribution in [0, 0.1) is 6.92 Å². The Morgan fingerprint density at radius 2 is 2.32 bits per heavy atom. The van der Waals surface area contributed by atoms with Crippen molar-refractivity contribution in [1.29, 1.82) is 0 Å². The van der Waals surface area contributed by atoms with Gasteiger partial charge in [0.25, 0.3) is 0 Å². The van der Waals surface area contributed by atoms with Crippen LogP contribution in [0.3, 0.4) is 0 Å². The molecule has 0 atom stereocenters. The van der Waals surface area contributed by atoms with Gasteiger partial charge < -0.3 is 9.15 Å². The Kier molecular flexibility index (Phi) is 2.28. The van der Waals surface area contributed by atoms with E-state index in [1.54, 1.807) is 12.5 Å². The van der Waals surface area contributed by atoms with Crippen molar-refractivity contribution in [2.45, 2.75) is 25.7 Å². The average Bonchev–Trinajstić information content (AvgIpc) is 2.96. The molecule has 0 saturated carbocycles. The lowest BCUT2D eigenvalue weighted by molar-refractivity contribution is -0.145. The van der Waals surface area contributed by atoms with Crippen molar-refractivity contribution in [2.75, 3.05) is 13.1 Å². The van der Waals surface area contributed by atoms with E-state index in [4.69, 9.17) is 9.15 Å². The van der Waals surface area contributed by atoms with Crippen molar-refractivity contribution in [2.24, 2.45) is 0 Å². The number of aromatic nitrogens is 2. The Morgan fingerprint density at radius 3 is 3.11 bits per heavy atom. The van der Waals surface area contributed by atoms with Crippen molar-refractivity contribution in [3.63, 3.8) is 0 Å². The Morgan fingerprint density at radius 1 is 1.42 bits per heavy atom. The molecule has 5 heteroatoms. The highest BCUT2D eigenvalue weighted by atomic mass is 16.5. The first kappa shape index (κ1) is 11.1. The second-order valence-corrected chi connectivity index (χ2v) is 5.34. The van der Waals surface area contributed by atoms with Crippen LogP contribution in [-0.4, -0.2) is 28.0 Å². The third-order valence-electron chi connectivity index (χ3n) is 3.91. The van der Waals surface area contributed by atoms with E-state index in [2.05, 4.69) is 14.9 Å². The van der Waals surface area contributed by atoms with E-state index in [1.807, 2.05) is 19.2 Å². The molecule has 2 aromatic rings. The summed E-state index contributed by atoms with van der Waals surface area (Å²) < 4.78 is 11.1. The predicted molar refractivity (Wildman–Crippen MR) is 67.2 cm³/mol. The highest BCUT2D eigenvalue weighted by Gasteiger charge is 2.50. The van der Waals surface area contributed by atoms with E-state index < -0.39 is 0 Å². The second-order valence-electron chi connectivity index (χ2n) is 5.34. The maximum atomic E-state index is 5.98. The molecule has 0 bridgehead atoms. The fourth-order valence-electron chi connectivity index (χ4n) is 2.98. The maximum absolute atomic E-state index is 5.98. The lowest BCUT2D eigenvalue weighted by atomic mass is 9.87. The average molecular weight is 257 g/mol. The predicted octanol–water partition coefficient (Wildman–Crippen LogP) is 1.62. The van der Waals surface area contributed by atoms with Gasteiger partial charge in [-0.3, -0.25) is 4.90 Å². The number of likely N-dealkylation sites (tertiary alicyclic amines) is 1. The summed E-state index contributed by atoms with van der Waals surface area (Å²) >= 11 is 0. The van der Waals surface area contributed by atoms with Crippen molar-refractivity contribution in [3.05, 3.63) is 47.4 Å². The van der Waals surface area contributed by atoms with E-state index in [9.17, 15) is 0 Å². The minimum Gasteiger partial charge on any atom is -0.472 e. The van der Waals surface area contributed by atoms with Gasteiger partial charge in [0.15, 0.2) is 0 Å². The second kappa shape index (κ2) is 3.88. The van der Waals surface area contributed by atoms with Crippen LogP contribution in [0.1, 0.15) is 22.6 Å². The van der Waals surface area contributed by atoms with Crippen LogP contribution >= 0.6 is 0 Å². The molecule has 1 spiro atoms. The SMILES string of the molecule is Cc1ncc2c(n1)COC21CN(Cc2ccoc2)C1. The first-order valence-electron chi connectivity index (χ1n) is 6.46. The van der Waals surface area contributed by atoms with Gasteiger partial charge in [0.05, 0.1) is 24.8 Å². The molecule has 0 unspecified atom stereocenters. The van der Waals surface area contributed by atoms with Crippen LogP contribution in [-0.2, 0) is 23.5 Å². The van der Waals surface area contributed by atoms with Crippen LogP contribution < -0.4 is 0 Å². The van der Waals surface area contributed by atoms with E-state index in [-0.39, 0.29) is 5.60 Å². The molecule has 4 rings (SSSR count). The van der Waals surface area contributed by atoms with E-state index >= 15 is 0 Å². The Labute approximate surface area is 111 Å². The van der Waals surface area contributed by atoms with Crippen LogP contribution in [0.15, 0.2) is 29.2 Å². The molecule has 5 nitrogen and oxygen atoms in total. The fourth-order valence-corrected chi connectivity index (χ4v) is 2.98. The van der Waals surface area contributed by atoms with Gasteiger partial charge in [-0.25, -0.2) is 9.97 Å². The lowest BCUT2D eigenvalue weighted by Gasteiger charge is -2.47. The van der Waals surface area contributed by atoms with Crippen LogP contribution in [0.2, 0.25) is 0 Å². The fraction of sp³-hybridized carbons (Fsp3) is 0.429. The smallest absolute Gasteiger partial charge is 0.125 e. The maximum Gasteiger partial charge on any atom is 0.125 e. The summed E-state index contributed by atoms with van der Waals surface area (Å²) in [6.07, 6.45) is 5.43. The molecule has 2 aromatic heterocycles. The minimum atomic E-state index is -0.174. The lowest BCUT2D eigenvalue weighted by Crippen LogP contribution is -2.58. The first-order valence-corrected chi connectivity index (χ1v) is 6.46. The Balaban J connectivity index is 1.51. The highest BCUT2D eigenvalue weighted by molar-refractivity contribution is 5.32. The largest absolute Gasteiger partial charge is 0.472 e. The molecule has 0 aromatic carbocycles. The van der Waals surface area contributed by atoms with Crippen LogP contribution in [0.4, 0.5) is 0 Å². The summed E-state index contributed by atoms with van der Waals surface area (Å²) in [6, 6.07) is 2.00. The molecule has 2 aliphatic heterocycles. The Hall–Kier alpha value is -1.72. The zero-order valence-electron chi connectivity index (χ0n) is 10.8. The minimum absolute atomic E-state index is 0.174. The number of aryl methyl sites for hydroxylation is 1. The monoisotopic (exact) mass is 257 g/mol. The molecule has 0 aliphatic carbocycles. The number of fused-ring (bicyclic) bond motifs is 2. The zero-order chi connectivity index (χ0) is 12.9. The number of hydrogen-bond donors (Lipinski definition) is 0. The molecule has 0 radical (unpaired) electrons. The topological polar surface area (TPSA) is 51.4 Å².